The zero-order valence-corrected chi connectivity index (χ0v) is 9.26. The topological polar surface area (TPSA) is 30.9 Å². The molecular formula is C14H16N2. The van der Waals surface area contributed by atoms with Gasteiger partial charge in [-0.1, -0.05) is 30.3 Å². The van der Waals surface area contributed by atoms with E-state index in [2.05, 4.69) is 47.0 Å². The Hall–Kier alpha value is -1.54. The van der Waals surface area contributed by atoms with Crippen LogP contribution in [0.25, 0.3) is 11.3 Å². The van der Waals surface area contributed by atoms with Crippen molar-refractivity contribution in [1.29, 1.82) is 0 Å². The summed E-state index contributed by atoms with van der Waals surface area (Å²) < 4.78 is 2.41. The first-order valence-corrected chi connectivity index (χ1v) is 5.86. The summed E-state index contributed by atoms with van der Waals surface area (Å²) in [6, 6.07) is 15.6. The van der Waals surface area contributed by atoms with E-state index in [1.807, 2.05) is 0 Å². The number of nitrogens with two attached hydrogens (primary N) is 1. The molecule has 1 aliphatic carbocycles. The van der Waals surface area contributed by atoms with E-state index < -0.39 is 0 Å². The van der Waals surface area contributed by atoms with Crippen molar-refractivity contribution in [1.82, 2.24) is 4.57 Å². The van der Waals surface area contributed by atoms with Gasteiger partial charge in [-0.25, -0.2) is 0 Å². The Morgan fingerprint density at radius 2 is 1.81 bits per heavy atom. The van der Waals surface area contributed by atoms with Crippen LogP contribution < -0.4 is 5.73 Å². The Bertz CT molecular complexity index is 481. The molecule has 0 amide bonds. The molecule has 1 aromatic carbocycles. The predicted octanol–water partition coefficient (Wildman–Crippen LogP) is 2.95. The summed E-state index contributed by atoms with van der Waals surface area (Å²) in [5, 5.41) is 0. The molecule has 0 saturated heterocycles. The van der Waals surface area contributed by atoms with E-state index in [0.29, 0.717) is 12.6 Å². The van der Waals surface area contributed by atoms with Crippen molar-refractivity contribution < 1.29 is 0 Å². The van der Waals surface area contributed by atoms with E-state index in [0.717, 1.165) is 0 Å². The highest BCUT2D eigenvalue weighted by molar-refractivity contribution is 5.61. The second kappa shape index (κ2) is 3.80. The number of aromatic nitrogens is 1. The number of benzene rings is 1. The normalized spacial score (nSPS) is 15.3. The second-order valence-electron chi connectivity index (χ2n) is 4.38. The number of hydrogen-bond acceptors (Lipinski definition) is 1. The molecule has 16 heavy (non-hydrogen) atoms. The zero-order chi connectivity index (χ0) is 11.0. The Morgan fingerprint density at radius 3 is 2.44 bits per heavy atom. The summed E-state index contributed by atoms with van der Waals surface area (Å²) >= 11 is 0. The third kappa shape index (κ3) is 1.55. The van der Waals surface area contributed by atoms with Gasteiger partial charge in [0.1, 0.15) is 0 Å². The van der Waals surface area contributed by atoms with Crippen molar-refractivity contribution in [3.8, 4) is 11.3 Å². The first kappa shape index (κ1) is 9.67. The van der Waals surface area contributed by atoms with E-state index in [1.165, 1.54) is 29.8 Å². The minimum atomic E-state index is 0.628. The molecule has 0 spiro atoms. The fourth-order valence-corrected chi connectivity index (χ4v) is 2.26. The lowest BCUT2D eigenvalue weighted by molar-refractivity contribution is 0.704. The van der Waals surface area contributed by atoms with Crippen LogP contribution in [0.15, 0.2) is 42.5 Å². The van der Waals surface area contributed by atoms with Crippen molar-refractivity contribution in [2.45, 2.75) is 25.4 Å². The van der Waals surface area contributed by atoms with Gasteiger partial charge in [0.2, 0.25) is 0 Å². The van der Waals surface area contributed by atoms with Gasteiger partial charge in [0, 0.05) is 24.0 Å². The van der Waals surface area contributed by atoms with Crippen LogP contribution in [0.4, 0.5) is 0 Å². The minimum absolute atomic E-state index is 0.628. The van der Waals surface area contributed by atoms with Gasteiger partial charge in [-0.3, -0.25) is 0 Å². The maximum atomic E-state index is 5.79. The molecule has 0 radical (unpaired) electrons. The van der Waals surface area contributed by atoms with Crippen LogP contribution in [0.3, 0.4) is 0 Å². The van der Waals surface area contributed by atoms with E-state index >= 15 is 0 Å². The van der Waals surface area contributed by atoms with E-state index in [-0.39, 0.29) is 0 Å². The number of nitrogens with zero attached hydrogens (tertiary/aromatic N) is 1. The van der Waals surface area contributed by atoms with Gasteiger partial charge >= 0.3 is 0 Å². The van der Waals surface area contributed by atoms with E-state index in [9.17, 15) is 0 Å². The average molecular weight is 212 g/mol. The first-order valence-electron chi connectivity index (χ1n) is 5.86. The van der Waals surface area contributed by atoms with Crippen molar-refractivity contribution in [3.63, 3.8) is 0 Å². The van der Waals surface area contributed by atoms with Gasteiger partial charge in [-0.2, -0.15) is 0 Å². The molecule has 0 unspecified atom stereocenters. The van der Waals surface area contributed by atoms with Crippen molar-refractivity contribution in [2.75, 3.05) is 0 Å². The molecule has 82 valence electrons. The number of rotatable bonds is 3. The quantitative estimate of drug-likeness (QED) is 0.833. The molecule has 2 nitrogen and oxygen atoms in total. The smallest absolute Gasteiger partial charge is 0.0485 e. The molecule has 1 aromatic heterocycles. The van der Waals surface area contributed by atoms with Crippen LogP contribution in [0, 0.1) is 0 Å². The van der Waals surface area contributed by atoms with Crippen LogP contribution in [-0.4, -0.2) is 4.57 Å². The monoisotopic (exact) mass is 212 g/mol. The average Bonchev–Trinajstić information content (AvgIpc) is 3.09. The highest BCUT2D eigenvalue weighted by Crippen LogP contribution is 2.40. The fourth-order valence-electron chi connectivity index (χ4n) is 2.26. The van der Waals surface area contributed by atoms with Crippen LogP contribution in [0.5, 0.6) is 0 Å². The summed E-state index contributed by atoms with van der Waals surface area (Å²) in [5.41, 5.74) is 9.63. The van der Waals surface area contributed by atoms with Crippen LogP contribution in [-0.2, 0) is 6.54 Å². The minimum Gasteiger partial charge on any atom is -0.340 e. The summed E-state index contributed by atoms with van der Waals surface area (Å²) in [5.74, 6) is 0. The molecule has 0 aliphatic heterocycles. The standard InChI is InChI=1S/C14H16N2/c15-10-13-8-9-14(16(13)12-6-7-12)11-4-2-1-3-5-11/h1-5,8-9,12H,6-7,10,15H2. The van der Waals surface area contributed by atoms with Crippen LogP contribution >= 0.6 is 0 Å². The van der Waals surface area contributed by atoms with Crippen molar-refractivity contribution >= 4 is 0 Å². The Labute approximate surface area is 95.7 Å². The van der Waals surface area contributed by atoms with E-state index in [4.69, 9.17) is 5.73 Å². The summed E-state index contributed by atoms with van der Waals surface area (Å²) in [4.78, 5) is 0. The van der Waals surface area contributed by atoms with E-state index in [1.54, 1.807) is 0 Å². The largest absolute Gasteiger partial charge is 0.340 e. The molecule has 1 saturated carbocycles. The summed E-state index contributed by atoms with van der Waals surface area (Å²) in [6.07, 6.45) is 2.59. The van der Waals surface area contributed by atoms with Gasteiger partial charge in [-0.05, 0) is 30.5 Å². The molecule has 0 bridgehead atoms. The molecular weight excluding hydrogens is 196 g/mol. The third-order valence-electron chi connectivity index (χ3n) is 3.19. The molecule has 2 N–H and O–H groups in total. The maximum Gasteiger partial charge on any atom is 0.0485 e. The van der Waals surface area contributed by atoms with Gasteiger partial charge < -0.3 is 10.3 Å². The van der Waals surface area contributed by atoms with Crippen LogP contribution in [0.2, 0.25) is 0 Å². The zero-order valence-electron chi connectivity index (χ0n) is 9.26. The molecule has 1 fully saturated rings. The highest BCUT2D eigenvalue weighted by atomic mass is 15.1. The van der Waals surface area contributed by atoms with Gasteiger partial charge in [0.15, 0.2) is 0 Å². The SMILES string of the molecule is NCc1ccc(-c2ccccc2)n1C1CC1. The van der Waals surface area contributed by atoms with Gasteiger partial charge in [-0.15, -0.1) is 0 Å². The fraction of sp³-hybridized carbons (Fsp3) is 0.286. The summed E-state index contributed by atoms with van der Waals surface area (Å²) in [7, 11) is 0. The van der Waals surface area contributed by atoms with Crippen molar-refractivity contribution in [3.05, 3.63) is 48.2 Å². The second-order valence-corrected chi connectivity index (χ2v) is 4.38. The molecule has 1 heterocycles. The summed E-state index contributed by atoms with van der Waals surface area (Å²) in [6.45, 7) is 0.628. The molecule has 0 atom stereocenters. The number of hydrogen-bond donors (Lipinski definition) is 1. The first-order chi connectivity index (χ1) is 7.90. The lowest BCUT2D eigenvalue weighted by Crippen LogP contribution is -2.06. The van der Waals surface area contributed by atoms with Gasteiger partial charge in [0.05, 0.1) is 0 Å². The van der Waals surface area contributed by atoms with Crippen LogP contribution in [0.1, 0.15) is 24.6 Å². The third-order valence-corrected chi connectivity index (χ3v) is 3.19. The lowest BCUT2D eigenvalue weighted by atomic mass is 10.1. The van der Waals surface area contributed by atoms with Gasteiger partial charge in [0.25, 0.3) is 0 Å². The Kier molecular flexibility index (Phi) is 2.29. The lowest BCUT2D eigenvalue weighted by Gasteiger charge is -2.11. The Balaban J connectivity index is 2.10. The predicted molar refractivity (Wildman–Crippen MR) is 66.0 cm³/mol. The molecule has 3 rings (SSSR count). The highest BCUT2D eigenvalue weighted by Gasteiger charge is 2.27. The van der Waals surface area contributed by atoms with Crippen molar-refractivity contribution in [2.24, 2.45) is 5.73 Å². The molecule has 2 aromatic rings. The maximum absolute atomic E-state index is 5.79. The molecule has 2 heteroatoms. The Morgan fingerprint density at radius 1 is 1.06 bits per heavy atom. The molecule has 1 aliphatic rings.